The third kappa shape index (κ3) is 3.50. The fourth-order valence-electron chi connectivity index (χ4n) is 1.61. The maximum Gasteiger partial charge on any atom is 0.329 e. The Hall–Kier alpha value is -2.04. The van der Waals surface area contributed by atoms with Gasteiger partial charge in [0.15, 0.2) is 6.10 Å². The smallest absolute Gasteiger partial charge is 0.329 e. The molecular weight excluding hydrogens is 258 g/mol. The van der Waals surface area contributed by atoms with Gasteiger partial charge in [0.2, 0.25) is 0 Å². The van der Waals surface area contributed by atoms with Gasteiger partial charge in [-0.2, -0.15) is 0 Å². The summed E-state index contributed by atoms with van der Waals surface area (Å²) in [6.07, 6.45) is -0.227. The fraction of sp³-hybridized carbons (Fsp3) is 0.467. The Kier molecular flexibility index (Phi) is 5.13. The predicted molar refractivity (Wildman–Crippen MR) is 75.6 cm³/mol. The molecule has 5 heteroatoms. The quantitative estimate of drug-likeness (QED) is 0.866. The summed E-state index contributed by atoms with van der Waals surface area (Å²) in [6.45, 7) is 4.80. The normalized spacial score (nSPS) is 12.6. The molecule has 1 atom stereocenters. The molecule has 0 aliphatic carbocycles. The Morgan fingerprint density at radius 3 is 2.30 bits per heavy atom. The average molecular weight is 279 g/mol. The Bertz CT molecular complexity index is 470. The van der Waals surface area contributed by atoms with Crippen molar-refractivity contribution in [3.8, 4) is 5.75 Å². The molecule has 0 spiro atoms. The number of nitrogens with zero attached hydrogens (tertiary/aromatic N) is 1. The Morgan fingerprint density at radius 2 is 1.85 bits per heavy atom. The van der Waals surface area contributed by atoms with Crippen LogP contribution >= 0.6 is 0 Å². The number of carbonyl (C=O) groups is 2. The topological polar surface area (TPSA) is 66.8 Å². The summed E-state index contributed by atoms with van der Waals surface area (Å²) in [5, 5.41) is 9.17. The van der Waals surface area contributed by atoms with Gasteiger partial charge in [-0.25, -0.2) is 4.79 Å². The van der Waals surface area contributed by atoms with Gasteiger partial charge in [0.05, 0.1) is 0 Å². The molecule has 5 nitrogen and oxygen atoms in total. The largest absolute Gasteiger partial charge is 0.481 e. The van der Waals surface area contributed by atoms with E-state index in [9.17, 15) is 14.7 Å². The second kappa shape index (κ2) is 6.41. The highest BCUT2D eigenvalue weighted by Crippen LogP contribution is 2.18. The molecule has 1 aromatic rings. The number of ether oxygens (including phenoxy) is 1. The molecule has 0 radical (unpaired) electrons. The van der Waals surface area contributed by atoms with Crippen LogP contribution in [0.2, 0.25) is 0 Å². The summed E-state index contributed by atoms with van der Waals surface area (Å²) in [5.41, 5.74) is -1.27. The summed E-state index contributed by atoms with van der Waals surface area (Å²) in [4.78, 5) is 24.8. The molecule has 0 saturated carbocycles. The summed E-state index contributed by atoms with van der Waals surface area (Å²) >= 11 is 0. The molecule has 0 aliphatic rings. The average Bonchev–Trinajstić information content (AvgIpc) is 2.44. The number of benzene rings is 1. The third-order valence-electron chi connectivity index (χ3n) is 3.36. The number of hydrogen-bond donors (Lipinski definition) is 1. The van der Waals surface area contributed by atoms with Gasteiger partial charge in [-0.3, -0.25) is 4.79 Å². The van der Waals surface area contributed by atoms with Crippen LogP contribution in [0.5, 0.6) is 5.75 Å². The maximum absolute atomic E-state index is 12.4. The lowest BCUT2D eigenvalue weighted by atomic mass is 10.0. The van der Waals surface area contributed by atoms with Crippen LogP contribution in [0.25, 0.3) is 0 Å². The molecule has 110 valence electrons. The molecule has 0 bridgehead atoms. The van der Waals surface area contributed by atoms with E-state index >= 15 is 0 Å². The molecular formula is C15H21NO4. The minimum absolute atomic E-state index is 0.344. The van der Waals surface area contributed by atoms with E-state index in [4.69, 9.17) is 4.74 Å². The molecule has 1 unspecified atom stereocenters. The van der Waals surface area contributed by atoms with Crippen LogP contribution in [0.1, 0.15) is 27.2 Å². The minimum Gasteiger partial charge on any atom is -0.481 e. The van der Waals surface area contributed by atoms with E-state index < -0.39 is 17.6 Å². The first kappa shape index (κ1) is 16.0. The molecule has 0 fully saturated rings. The monoisotopic (exact) mass is 279 g/mol. The molecule has 1 amide bonds. The zero-order chi connectivity index (χ0) is 15.3. The molecule has 20 heavy (non-hydrogen) atoms. The van der Waals surface area contributed by atoms with Gasteiger partial charge < -0.3 is 14.7 Å². The van der Waals surface area contributed by atoms with Gasteiger partial charge >= 0.3 is 5.97 Å². The van der Waals surface area contributed by atoms with Crippen molar-refractivity contribution in [1.29, 1.82) is 0 Å². The van der Waals surface area contributed by atoms with Crippen LogP contribution < -0.4 is 4.74 Å². The highest BCUT2D eigenvalue weighted by atomic mass is 16.5. The number of rotatable bonds is 6. The standard InChI is InChI=1S/C15H21NO4/c1-5-12(20-11-9-7-6-8-10-11)13(17)16(4)15(2,3)14(18)19/h6-10,12H,5H2,1-4H3,(H,18,19). The second-order valence-electron chi connectivity index (χ2n) is 5.09. The first-order chi connectivity index (χ1) is 9.30. The van der Waals surface area contributed by atoms with Crippen molar-refractivity contribution < 1.29 is 19.4 Å². The van der Waals surface area contributed by atoms with E-state index in [1.165, 1.54) is 25.8 Å². The number of carboxylic acid groups (broad SMARTS) is 1. The van der Waals surface area contributed by atoms with Crippen LogP contribution in [0.3, 0.4) is 0 Å². The van der Waals surface area contributed by atoms with E-state index in [-0.39, 0.29) is 5.91 Å². The van der Waals surface area contributed by atoms with Crippen molar-refractivity contribution in [3.63, 3.8) is 0 Å². The number of amides is 1. The van der Waals surface area contributed by atoms with E-state index in [1.807, 2.05) is 25.1 Å². The van der Waals surface area contributed by atoms with E-state index in [2.05, 4.69) is 0 Å². The van der Waals surface area contributed by atoms with Gasteiger partial charge in [-0.15, -0.1) is 0 Å². The zero-order valence-electron chi connectivity index (χ0n) is 12.3. The maximum atomic E-state index is 12.4. The Morgan fingerprint density at radius 1 is 1.30 bits per heavy atom. The number of carbonyl (C=O) groups excluding carboxylic acids is 1. The lowest BCUT2D eigenvalue weighted by Crippen LogP contribution is -2.54. The van der Waals surface area contributed by atoms with Crippen LogP contribution in [-0.4, -0.2) is 40.6 Å². The molecule has 0 aromatic heterocycles. The van der Waals surface area contributed by atoms with Crippen molar-refractivity contribution in [1.82, 2.24) is 4.90 Å². The van der Waals surface area contributed by atoms with Crippen molar-refractivity contribution in [2.24, 2.45) is 0 Å². The molecule has 1 N–H and O–H groups in total. The highest BCUT2D eigenvalue weighted by Gasteiger charge is 2.38. The summed E-state index contributed by atoms with van der Waals surface area (Å²) in [7, 11) is 1.48. The number of likely N-dealkylation sites (N-methyl/N-ethyl adjacent to an activating group) is 1. The van der Waals surface area contributed by atoms with Crippen LogP contribution in [0, 0.1) is 0 Å². The molecule has 0 saturated heterocycles. The minimum atomic E-state index is -1.27. The third-order valence-corrected chi connectivity index (χ3v) is 3.36. The van der Waals surface area contributed by atoms with Crippen molar-refractivity contribution in [2.45, 2.75) is 38.8 Å². The van der Waals surface area contributed by atoms with Gasteiger partial charge in [0.25, 0.3) is 5.91 Å². The van der Waals surface area contributed by atoms with Gasteiger partial charge in [-0.1, -0.05) is 25.1 Å². The second-order valence-corrected chi connectivity index (χ2v) is 5.09. The zero-order valence-corrected chi connectivity index (χ0v) is 12.3. The SMILES string of the molecule is CCC(Oc1ccccc1)C(=O)N(C)C(C)(C)C(=O)O. The number of carboxylic acids is 1. The van der Waals surface area contributed by atoms with Gasteiger partial charge in [-0.05, 0) is 32.4 Å². The number of aliphatic carboxylic acids is 1. The predicted octanol–water partition coefficient (Wildman–Crippen LogP) is 2.17. The summed E-state index contributed by atoms with van der Waals surface area (Å²) in [6, 6.07) is 9.01. The molecule has 1 rings (SSSR count). The lowest BCUT2D eigenvalue weighted by molar-refractivity contribution is -0.158. The van der Waals surface area contributed by atoms with E-state index in [0.717, 1.165) is 0 Å². The van der Waals surface area contributed by atoms with Crippen LogP contribution in [0.15, 0.2) is 30.3 Å². The molecule has 1 aromatic carbocycles. The van der Waals surface area contributed by atoms with Crippen molar-refractivity contribution in [3.05, 3.63) is 30.3 Å². The lowest BCUT2D eigenvalue weighted by Gasteiger charge is -2.34. The Labute approximate surface area is 119 Å². The first-order valence-electron chi connectivity index (χ1n) is 6.53. The van der Waals surface area contributed by atoms with Crippen molar-refractivity contribution in [2.75, 3.05) is 7.05 Å². The van der Waals surface area contributed by atoms with Crippen LogP contribution in [0.4, 0.5) is 0 Å². The molecule has 0 aliphatic heterocycles. The van der Waals surface area contributed by atoms with Crippen molar-refractivity contribution >= 4 is 11.9 Å². The summed E-state index contributed by atoms with van der Waals surface area (Å²) < 4.78 is 5.64. The van der Waals surface area contributed by atoms with E-state index in [0.29, 0.717) is 12.2 Å². The number of para-hydroxylation sites is 1. The molecule has 0 heterocycles. The van der Waals surface area contributed by atoms with Gasteiger partial charge in [0, 0.05) is 7.05 Å². The van der Waals surface area contributed by atoms with E-state index in [1.54, 1.807) is 12.1 Å². The summed E-state index contributed by atoms with van der Waals surface area (Å²) in [5.74, 6) is -0.805. The van der Waals surface area contributed by atoms with Crippen LogP contribution in [-0.2, 0) is 9.59 Å². The van der Waals surface area contributed by atoms with Gasteiger partial charge in [0.1, 0.15) is 11.3 Å². The fourth-order valence-corrected chi connectivity index (χ4v) is 1.61. The number of hydrogen-bond acceptors (Lipinski definition) is 3. The highest BCUT2D eigenvalue weighted by molar-refractivity contribution is 5.88. The Balaban J connectivity index is 2.85. The first-order valence-corrected chi connectivity index (χ1v) is 6.53.